The Morgan fingerprint density at radius 3 is 0.630 bits per heavy atom. The summed E-state index contributed by atoms with van der Waals surface area (Å²) in [5.74, 6) is 0.763. The van der Waals surface area contributed by atoms with E-state index in [1.165, 1.54) is 347 Å². The maximum atomic E-state index is 5.58. The molecule has 6 rings (SSSR count). The van der Waals surface area contributed by atoms with Crippen LogP contribution in [0.4, 0.5) is 0 Å². The first kappa shape index (κ1) is 89.6. The second-order valence-corrected chi connectivity index (χ2v) is 28.7. The third-order valence-corrected chi connectivity index (χ3v) is 18.7. The summed E-state index contributed by atoms with van der Waals surface area (Å²) in [5.41, 5.74) is 0. The highest BCUT2D eigenvalue weighted by Crippen LogP contribution is 2.22. The summed E-state index contributed by atoms with van der Waals surface area (Å²) in [6, 6.07) is 0. The lowest BCUT2D eigenvalue weighted by Crippen LogP contribution is -2.11. The van der Waals surface area contributed by atoms with E-state index in [4.69, 9.17) is 47.4 Å². The summed E-state index contributed by atoms with van der Waals surface area (Å²) in [6.07, 6.45) is 78.2. The largest absolute Gasteiger partial charge is 0.379 e. The van der Waals surface area contributed by atoms with Crippen molar-refractivity contribution in [3.05, 3.63) is 0 Å². The number of hydrogen-bond donors (Lipinski definition) is 0. The Bertz CT molecular complexity index is 1300. The van der Waals surface area contributed by atoms with Crippen LogP contribution in [0.1, 0.15) is 395 Å². The van der Waals surface area contributed by atoms with Gasteiger partial charge in [-0.25, -0.2) is 0 Å². The molecule has 6 aliphatic heterocycles. The minimum Gasteiger partial charge on any atom is -0.379 e. The Balaban J connectivity index is 0.000000555. The van der Waals surface area contributed by atoms with Crippen molar-refractivity contribution in [2.24, 2.45) is 5.92 Å². The molecule has 0 aromatic heterocycles. The minimum absolute atomic E-state index is 0.420. The quantitative estimate of drug-likeness (QED) is 0.0431. The zero-order chi connectivity index (χ0) is 66.2. The van der Waals surface area contributed by atoms with Crippen molar-refractivity contribution in [3.63, 3.8) is 0 Å². The van der Waals surface area contributed by atoms with E-state index in [-0.39, 0.29) is 0 Å². The predicted octanol–water partition coefficient (Wildman–Crippen LogP) is 24.2. The molecule has 0 aliphatic carbocycles. The highest BCUT2D eigenvalue weighted by Gasteiger charge is 2.25. The zero-order valence-electron chi connectivity index (χ0n) is 63.2. The summed E-state index contributed by atoms with van der Waals surface area (Å²) >= 11 is 0. The maximum Gasteiger partial charge on any atom is 0.104 e. The molecule has 7 atom stereocenters. The first-order valence-electron chi connectivity index (χ1n) is 41.5. The molecule has 0 bridgehead atoms. The number of unbranched alkanes of at least 4 members (excludes halogenated alkanes) is 44. The van der Waals surface area contributed by atoms with Crippen molar-refractivity contribution in [1.82, 2.24) is 0 Å². The molecule has 0 N–H and O–H groups in total. The van der Waals surface area contributed by atoms with Crippen LogP contribution in [-0.4, -0.2) is 129 Å². The average Bonchev–Trinajstić information content (AvgIpc) is 4.43. The average molecular weight is 1310 g/mol. The van der Waals surface area contributed by atoms with Crippen molar-refractivity contribution in [1.29, 1.82) is 0 Å². The van der Waals surface area contributed by atoms with E-state index < -0.39 is 0 Å². The molecule has 7 unspecified atom stereocenters. The molecule has 552 valence electrons. The van der Waals surface area contributed by atoms with Crippen molar-refractivity contribution >= 4 is 0 Å². The van der Waals surface area contributed by atoms with Gasteiger partial charge in [-0.15, -0.1) is 0 Å². The van der Waals surface area contributed by atoms with Crippen LogP contribution >= 0.6 is 0 Å². The van der Waals surface area contributed by atoms with Gasteiger partial charge in [-0.3, -0.25) is 0 Å². The molecule has 6 heterocycles. The van der Waals surface area contributed by atoms with Crippen LogP contribution in [0, 0.1) is 5.92 Å². The predicted molar refractivity (Wildman–Crippen MR) is 394 cm³/mol. The van der Waals surface area contributed by atoms with E-state index in [0.717, 1.165) is 98.4 Å². The Hall–Kier alpha value is -0.400. The van der Waals surface area contributed by atoms with E-state index in [9.17, 15) is 0 Å². The lowest BCUT2D eigenvalue weighted by molar-refractivity contribution is 0.0813. The minimum atomic E-state index is 0.420. The monoisotopic (exact) mass is 1310 g/mol. The van der Waals surface area contributed by atoms with Crippen molar-refractivity contribution < 1.29 is 47.4 Å². The van der Waals surface area contributed by atoms with Crippen molar-refractivity contribution in [3.8, 4) is 0 Å². The van der Waals surface area contributed by atoms with Crippen LogP contribution in [0.15, 0.2) is 0 Å². The molecule has 0 aromatic rings. The maximum absolute atomic E-state index is 5.58. The highest BCUT2D eigenvalue weighted by molar-refractivity contribution is 4.71. The Morgan fingerprint density at radius 1 is 0.228 bits per heavy atom. The number of hydrogen-bond acceptors (Lipinski definition) is 10. The molecule has 10 heteroatoms. The molecule has 6 aliphatic rings. The lowest BCUT2D eigenvalue weighted by Gasteiger charge is -2.13. The summed E-state index contributed by atoms with van der Waals surface area (Å²) < 4.78 is 52.8. The summed E-state index contributed by atoms with van der Waals surface area (Å²) in [7, 11) is 0. The smallest absolute Gasteiger partial charge is 0.104 e. The van der Waals surface area contributed by atoms with Crippen LogP contribution in [0.5, 0.6) is 0 Å². The topological polar surface area (TPSA) is 112 Å². The third-order valence-electron chi connectivity index (χ3n) is 18.7. The molecule has 10 nitrogen and oxygen atoms in total. The van der Waals surface area contributed by atoms with Gasteiger partial charge in [0, 0.05) is 26.4 Å². The van der Waals surface area contributed by atoms with Gasteiger partial charge < -0.3 is 47.4 Å². The normalized spacial score (nSPS) is 19.6. The molecular formula is C82H164O10. The van der Waals surface area contributed by atoms with Crippen LogP contribution in [0.25, 0.3) is 0 Å². The van der Waals surface area contributed by atoms with Crippen molar-refractivity contribution in [2.75, 3.05) is 92.5 Å². The van der Waals surface area contributed by atoms with E-state index in [1.807, 2.05) is 0 Å². The fraction of sp³-hybridized carbons (Fsp3) is 1.00. The Kier molecular flexibility index (Phi) is 72.9. The van der Waals surface area contributed by atoms with E-state index in [1.54, 1.807) is 0 Å². The first-order chi connectivity index (χ1) is 45.5. The van der Waals surface area contributed by atoms with Crippen molar-refractivity contribution in [2.45, 2.75) is 432 Å². The molecule has 0 radical (unpaired) electrons. The van der Waals surface area contributed by atoms with E-state index in [2.05, 4.69) is 48.5 Å². The molecule has 6 saturated heterocycles. The summed E-state index contributed by atoms with van der Waals surface area (Å²) in [4.78, 5) is 0. The molecule has 92 heavy (non-hydrogen) atoms. The molecule has 0 aromatic carbocycles. The Morgan fingerprint density at radius 2 is 0.424 bits per heavy atom. The summed E-state index contributed by atoms with van der Waals surface area (Å²) in [6.45, 7) is 28.6. The molecule has 0 spiro atoms. The zero-order valence-corrected chi connectivity index (χ0v) is 63.2. The van der Waals surface area contributed by atoms with Gasteiger partial charge in [-0.05, 0) is 44.4 Å². The van der Waals surface area contributed by atoms with E-state index >= 15 is 0 Å². The van der Waals surface area contributed by atoms with Gasteiger partial charge in [-0.2, -0.15) is 0 Å². The molecule has 6 fully saturated rings. The van der Waals surface area contributed by atoms with Crippen LogP contribution < -0.4 is 0 Å². The second kappa shape index (κ2) is 74.8. The number of epoxide rings is 6. The van der Waals surface area contributed by atoms with E-state index in [0.29, 0.717) is 36.6 Å². The Labute approximate surface area is 574 Å². The van der Waals surface area contributed by atoms with Crippen LogP contribution in [-0.2, 0) is 47.4 Å². The SMILES string of the molecule is CCCCC(CC)COCC1CO1.CCCCCCCCCCC1CO1.CCCCCCCCCCCCC1CO1.CCCCCCCCCCCCCCOCC1CO1.CCCCCCCCCCCCOCC1CO1.CCCCCCCCCCOCC1CO1. The lowest BCUT2D eigenvalue weighted by atomic mass is 10.0. The molecular weight excluding hydrogens is 1140 g/mol. The van der Waals surface area contributed by atoms with Crippen LogP contribution in [0.2, 0.25) is 0 Å². The standard InChI is InChI=1S/C17H34O2.C15H30O2.C14H28O.C13H26O2.C12H24O.C11H22O2/c1-2-3-4-5-6-7-8-9-10-11-12-13-14-18-15-17-16-19-17;1-2-3-4-5-6-7-8-9-10-11-12-16-13-15-14-17-15;1-2-3-4-5-6-7-8-9-10-11-12-14-13-15-14;1-2-3-4-5-6-7-8-9-10-14-11-13-12-15-13;1-2-3-4-5-6-7-8-9-10-12-11-13-12;1-3-5-6-10(4-2)7-12-8-11-9-13-11/h17H,2-16H2,1H3;15H,2-14H2,1H3;14H,2-13H2,1H3;13H,2-12H2,1H3;12H,2-11H2,1H3;10-11H,3-9H2,1-2H3. The molecule has 0 saturated carbocycles. The van der Waals surface area contributed by atoms with Gasteiger partial charge in [0.2, 0.25) is 0 Å². The molecule has 0 amide bonds. The third kappa shape index (κ3) is 80.3. The fourth-order valence-corrected chi connectivity index (χ4v) is 11.5. The number of rotatable bonds is 67. The van der Waals surface area contributed by atoms with Crippen LogP contribution in [0.3, 0.4) is 0 Å². The first-order valence-corrected chi connectivity index (χ1v) is 41.5. The summed E-state index contributed by atoms with van der Waals surface area (Å²) in [5, 5.41) is 0. The van der Waals surface area contributed by atoms with Gasteiger partial charge in [0.1, 0.15) is 24.4 Å². The van der Waals surface area contributed by atoms with Gasteiger partial charge in [0.05, 0.1) is 78.3 Å². The number of ether oxygens (including phenoxy) is 10. The van der Waals surface area contributed by atoms with Gasteiger partial charge in [0.25, 0.3) is 0 Å². The fourth-order valence-electron chi connectivity index (χ4n) is 11.5. The van der Waals surface area contributed by atoms with Gasteiger partial charge >= 0.3 is 0 Å². The van der Waals surface area contributed by atoms with Gasteiger partial charge in [0.15, 0.2) is 0 Å². The van der Waals surface area contributed by atoms with Gasteiger partial charge in [-0.1, -0.05) is 357 Å². The highest BCUT2D eigenvalue weighted by atomic mass is 16.6. The second-order valence-electron chi connectivity index (χ2n) is 28.7.